The second kappa shape index (κ2) is 12.6. The quantitative estimate of drug-likeness (QED) is 0.354. The first-order valence-electron chi connectivity index (χ1n) is 15.2. The van der Waals surface area contributed by atoms with Crippen molar-refractivity contribution in [1.82, 2.24) is 9.80 Å². The van der Waals surface area contributed by atoms with Crippen molar-refractivity contribution in [3.63, 3.8) is 0 Å². The van der Waals surface area contributed by atoms with E-state index in [4.69, 9.17) is 18.9 Å². The first kappa shape index (κ1) is 34.6. The molecular formula is C30H56N2O9. The van der Waals surface area contributed by atoms with Crippen molar-refractivity contribution >= 4 is 5.97 Å². The van der Waals surface area contributed by atoms with Crippen LogP contribution in [0.1, 0.15) is 74.7 Å². The lowest BCUT2D eigenvalue weighted by atomic mass is 9.80. The van der Waals surface area contributed by atoms with E-state index in [1.165, 1.54) is 6.92 Å². The SMILES string of the molecule is CC[C@H]1OC(=O)[C@H](C)[C@@]2(O)O[C@@](C)(C[C@@H](C)CN(C)[C@H](C)[C@@H](O)[C@]1(C)O)[C@H](O[C@@H]1O[C@H](C)C[C@H](N(C)C)[C@H]1O)[C@H]2C. The largest absolute Gasteiger partial charge is 0.459 e. The minimum absolute atomic E-state index is 0.00284. The molecule has 3 aliphatic rings. The zero-order valence-corrected chi connectivity index (χ0v) is 26.9. The van der Waals surface area contributed by atoms with Crippen LogP contribution in [0.15, 0.2) is 0 Å². The van der Waals surface area contributed by atoms with E-state index in [0.717, 1.165) is 0 Å². The van der Waals surface area contributed by atoms with Crippen LogP contribution in [0, 0.1) is 17.8 Å². The van der Waals surface area contributed by atoms with Crippen LogP contribution in [-0.4, -0.2) is 130 Å². The van der Waals surface area contributed by atoms with E-state index in [-0.39, 0.29) is 24.5 Å². The Hall–Kier alpha value is -0.890. The van der Waals surface area contributed by atoms with Gasteiger partial charge in [-0.15, -0.1) is 0 Å². The molecule has 3 fully saturated rings. The molecule has 0 aromatic heterocycles. The Bertz CT molecular complexity index is 905. The van der Waals surface area contributed by atoms with E-state index in [1.807, 2.05) is 51.7 Å². The highest BCUT2D eigenvalue weighted by molar-refractivity contribution is 5.73. The Morgan fingerprint density at radius 3 is 2.27 bits per heavy atom. The number of hydrogen-bond acceptors (Lipinski definition) is 11. The normalized spacial score (nSPS) is 50.9. The maximum atomic E-state index is 13.5. The number of esters is 1. The number of aliphatic hydroxyl groups excluding tert-OH is 2. The van der Waals surface area contributed by atoms with Gasteiger partial charge in [0.25, 0.3) is 0 Å². The molecule has 0 saturated carbocycles. The van der Waals surface area contributed by atoms with E-state index >= 15 is 0 Å². The fourth-order valence-electron chi connectivity index (χ4n) is 7.33. The van der Waals surface area contributed by atoms with Crippen molar-refractivity contribution in [2.45, 2.75) is 141 Å². The molecule has 0 aromatic carbocycles. The predicted octanol–water partition coefficient (Wildman–Crippen LogP) is 1.34. The molecule has 3 saturated heterocycles. The number of nitrogens with zero attached hydrogens (tertiary/aromatic N) is 2. The van der Waals surface area contributed by atoms with E-state index in [1.54, 1.807) is 20.8 Å². The minimum atomic E-state index is -1.96. The van der Waals surface area contributed by atoms with Gasteiger partial charge in [0, 0.05) is 24.5 Å². The van der Waals surface area contributed by atoms with Crippen LogP contribution in [0.5, 0.6) is 0 Å². The van der Waals surface area contributed by atoms with Gasteiger partial charge >= 0.3 is 5.97 Å². The second-order valence-electron chi connectivity index (χ2n) is 13.8. The second-order valence-corrected chi connectivity index (χ2v) is 13.8. The lowest BCUT2D eigenvalue weighted by molar-refractivity contribution is -0.286. The number of hydrogen-bond donors (Lipinski definition) is 4. The van der Waals surface area contributed by atoms with Crippen molar-refractivity contribution in [3.05, 3.63) is 0 Å². The molecule has 0 aliphatic carbocycles. The number of fused-ring (bicyclic) bond motifs is 2. The lowest BCUT2D eigenvalue weighted by Crippen LogP contribution is -2.59. The van der Waals surface area contributed by atoms with Crippen molar-refractivity contribution in [3.8, 4) is 0 Å². The van der Waals surface area contributed by atoms with Gasteiger partial charge in [0.15, 0.2) is 12.1 Å². The van der Waals surface area contributed by atoms with Crippen LogP contribution in [-0.2, 0) is 23.7 Å². The molecule has 0 aromatic rings. The van der Waals surface area contributed by atoms with Gasteiger partial charge in [0.1, 0.15) is 29.8 Å². The highest BCUT2D eigenvalue weighted by Crippen LogP contribution is 2.50. The third-order valence-electron chi connectivity index (χ3n) is 10.0. The number of likely N-dealkylation sites (N-methyl/N-ethyl adjacent to an activating group) is 2. The molecule has 11 nitrogen and oxygen atoms in total. The molecule has 14 atom stereocenters. The molecule has 240 valence electrons. The summed E-state index contributed by atoms with van der Waals surface area (Å²) >= 11 is 0. The van der Waals surface area contributed by atoms with Gasteiger partial charge in [-0.1, -0.05) is 20.8 Å². The Morgan fingerprint density at radius 2 is 1.71 bits per heavy atom. The summed E-state index contributed by atoms with van der Waals surface area (Å²) in [5.41, 5.74) is -2.79. The lowest BCUT2D eigenvalue weighted by Gasteiger charge is -2.44. The van der Waals surface area contributed by atoms with Crippen molar-refractivity contribution in [1.29, 1.82) is 0 Å². The molecule has 11 heteroatoms. The average molecular weight is 589 g/mol. The van der Waals surface area contributed by atoms with Crippen molar-refractivity contribution < 1.29 is 44.2 Å². The van der Waals surface area contributed by atoms with Gasteiger partial charge in [0.2, 0.25) is 0 Å². The molecular weight excluding hydrogens is 532 g/mol. The molecule has 2 bridgehead atoms. The molecule has 3 rings (SSSR count). The summed E-state index contributed by atoms with van der Waals surface area (Å²) in [4.78, 5) is 17.5. The maximum absolute atomic E-state index is 13.5. The fraction of sp³-hybridized carbons (Fsp3) is 0.967. The van der Waals surface area contributed by atoms with Gasteiger partial charge in [-0.05, 0) is 80.9 Å². The van der Waals surface area contributed by atoms with Gasteiger partial charge in [-0.3, -0.25) is 4.79 Å². The Labute approximate surface area is 246 Å². The van der Waals surface area contributed by atoms with Crippen LogP contribution in [0.25, 0.3) is 0 Å². The number of rotatable bonds is 4. The Balaban J connectivity index is 2.03. The first-order valence-corrected chi connectivity index (χ1v) is 15.2. The summed E-state index contributed by atoms with van der Waals surface area (Å²) in [7, 11) is 5.69. The molecule has 3 heterocycles. The standard InChI is InChI=1S/C30H56N2O9/c1-12-22-29(8,36)24(34)20(6)32(11)15-16(2)14-28(7)25(18(4)30(37,41-28)19(5)26(35)39-22)40-27-23(33)21(31(9)10)13-17(3)38-27/h16-25,27,33-34,36-37H,12-15H2,1-11H3/t16-,17-,18-,19+,20-,21+,22-,23-,24-,25-,27+,28+,29-,30+/m1/s1. The van der Waals surface area contributed by atoms with E-state index < -0.39 is 71.5 Å². The molecule has 41 heavy (non-hydrogen) atoms. The van der Waals surface area contributed by atoms with E-state index in [2.05, 4.69) is 6.92 Å². The van der Waals surface area contributed by atoms with Gasteiger partial charge in [0.05, 0.1) is 17.8 Å². The summed E-state index contributed by atoms with van der Waals surface area (Å²) in [6.45, 7) is 14.8. The predicted molar refractivity (Wildman–Crippen MR) is 153 cm³/mol. The highest BCUT2D eigenvalue weighted by Gasteiger charge is 2.64. The summed E-state index contributed by atoms with van der Waals surface area (Å²) in [6.07, 6.45) is -3.65. The van der Waals surface area contributed by atoms with Gasteiger partial charge in [-0.25, -0.2) is 0 Å². The molecule has 3 aliphatic heterocycles. The fourth-order valence-corrected chi connectivity index (χ4v) is 7.33. The summed E-state index contributed by atoms with van der Waals surface area (Å²) < 4.78 is 24.9. The maximum Gasteiger partial charge on any atom is 0.314 e. The zero-order chi connectivity index (χ0) is 31.2. The third kappa shape index (κ3) is 6.63. The Morgan fingerprint density at radius 1 is 1.10 bits per heavy atom. The topological polar surface area (TPSA) is 141 Å². The van der Waals surface area contributed by atoms with E-state index in [0.29, 0.717) is 19.4 Å². The molecule has 0 unspecified atom stereocenters. The molecule has 0 radical (unpaired) electrons. The van der Waals surface area contributed by atoms with Gasteiger partial charge < -0.3 is 49.2 Å². The van der Waals surface area contributed by atoms with Crippen LogP contribution in [0.4, 0.5) is 0 Å². The zero-order valence-electron chi connectivity index (χ0n) is 26.9. The number of cyclic esters (lactones) is 1. The van der Waals surface area contributed by atoms with Crippen molar-refractivity contribution in [2.75, 3.05) is 27.7 Å². The average Bonchev–Trinajstić information content (AvgIpc) is 3.06. The van der Waals surface area contributed by atoms with Crippen LogP contribution in [0.2, 0.25) is 0 Å². The van der Waals surface area contributed by atoms with Crippen LogP contribution in [0.3, 0.4) is 0 Å². The summed E-state index contributed by atoms with van der Waals surface area (Å²) in [5.74, 6) is -4.56. The van der Waals surface area contributed by atoms with Crippen LogP contribution < -0.4 is 0 Å². The molecule has 0 spiro atoms. The third-order valence-corrected chi connectivity index (χ3v) is 10.0. The molecule has 0 amide bonds. The van der Waals surface area contributed by atoms with E-state index in [9.17, 15) is 25.2 Å². The highest BCUT2D eigenvalue weighted by atomic mass is 16.7. The molecule has 4 N–H and O–H groups in total. The number of ether oxygens (including phenoxy) is 4. The first-order chi connectivity index (χ1) is 18.8. The Kier molecular flexibility index (Phi) is 10.6. The minimum Gasteiger partial charge on any atom is -0.459 e. The van der Waals surface area contributed by atoms with Gasteiger partial charge in [-0.2, -0.15) is 0 Å². The van der Waals surface area contributed by atoms with Crippen molar-refractivity contribution in [2.24, 2.45) is 17.8 Å². The summed E-state index contributed by atoms with van der Waals surface area (Å²) in [5, 5.41) is 45.8. The summed E-state index contributed by atoms with van der Waals surface area (Å²) in [6, 6.07) is -0.628. The van der Waals surface area contributed by atoms with Crippen LogP contribution >= 0.6 is 0 Å². The number of aliphatic hydroxyl groups is 4. The smallest absolute Gasteiger partial charge is 0.314 e. The number of carbonyl (C=O) groups excluding carboxylic acids is 1. The number of carbonyl (C=O) groups is 1. The monoisotopic (exact) mass is 588 g/mol.